The third-order valence-electron chi connectivity index (χ3n) is 4.21. The fraction of sp³-hybridized carbons (Fsp3) is 0.200. The molecule has 1 aromatic heterocycles. The lowest BCUT2D eigenvalue weighted by Crippen LogP contribution is -2.36. The number of thioether (sulfide) groups is 1. The summed E-state index contributed by atoms with van der Waals surface area (Å²) in [4.78, 5) is 28.3. The van der Waals surface area contributed by atoms with Crippen LogP contribution in [0.15, 0.2) is 53.6 Å². The molecule has 0 aliphatic heterocycles. The normalized spacial score (nSPS) is 10.7. The molecular formula is C20H21N3O2S. The third kappa shape index (κ3) is 4.08. The zero-order valence-corrected chi connectivity index (χ0v) is 15.6. The highest BCUT2D eigenvalue weighted by molar-refractivity contribution is 7.98. The standard InChI is InChI=1S/C20H21N3O2S/c1-13-5-3-8-17-18(13)14(12-22-17)9-10-21-19(24)20(25)23-15-6-4-7-16(11-15)26-2/h3-8,11-12,22H,9-10H2,1-2H3,(H,21,24)(H,23,25). The second-order valence-electron chi connectivity index (χ2n) is 6.00. The highest BCUT2D eigenvalue weighted by Crippen LogP contribution is 2.22. The van der Waals surface area contributed by atoms with Crippen molar-refractivity contribution in [3.8, 4) is 0 Å². The first-order valence-electron chi connectivity index (χ1n) is 8.37. The Bertz CT molecular complexity index is 949. The molecule has 6 heteroatoms. The number of aromatic nitrogens is 1. The first-order chi connectivity index (χ1) is 12.6. The Labute approximate surface area is 156 Å². The molecule has 3 aromatic rings. The lowest BCUT2D eigenvalue weighted by atomic mass is 10.1. The van der Waals surface area contributed by atoms with Crippen molar-refractivity contribution in [1.82, 2.24) is 10.3 Å². The number of benzene rings is 2. The molecule has 26 heavy (non-hydrogen) atoms. The van der Waals surface area contributed by atoms with E-state index in [1.165, 1.54) is 10.9 Å². The first-order valence-corrected chi connectivity index (χ1v) is 9.60. The summed E-state index contributed by atoms with van der Waals surface area (Å²) >= 11 is 1.58. The SMILES string of the molecule is CSc1cccc(NC(=O)C(=O)NCCc2c[nH]c3cccc(C)c23)c1. The molecule has 0 radical (unpaired) electrons. The minimum absolute atomic E-state index is 0.401. The van der Waals surface area contributed by atoms with Crippen molar-refractivity contribution in [3.05, 3.63) is 59.8 Å². The van der Waals surface area contributed by atoms with Crippen molar-refractivity contribution in [2.75, 3.05) is 18.1 Å². The third-order valence-corrected chi connectivity index (χ3v) is 4.93. The van der Waals surface area contributed by atoms with E-state index in [0.29, 0.717) is 18.7 Å². The highest BCUT2D eigenvalue weighted by atomic mass is 32.2. The van der Waals surface area contributed by atoms with Crippen molar-refractivity contribution < 1.29 is 9.59 Å². The van der Waals surface area contributed by atoms with E-state index in [4.69, 9.17) is 0 Å². The van der Waals surface area contributed by atoms with Gasteiger partial charge in [-0.3, -0.25) is 9.59 Å². The van der Waals surface area contributed by atoms with Crippen LogP contribution in [-0.2, 0) is 16.0 Å². The van der Waals surface area contributed by atoms with Gasteiger partial charge in [-0.15, -0.1) is 11.8 Å². The lowest BCUT2D eigenvalue weighted by molar-refractivity contribution is -0.136. The number of amides is 2. The van der Waals surface area contributed by atoms with E-state index >= 15 is 0 Å². The van der Waals surface area contributed by atoms with E-state index in [1.807, 2.05) is 42.8 Å². The molecule has 0 unspecified atom stereocenters. The van der Waals surface area contributed by atoms with E-state index in [2.05, 4.69) is 28.6 Å². The fourth-order valence-electron chi connectivity index (χ4n) is 2.93. The molecule has 0 fully saturated rings. The summed E-state index contributed by atoms with van der Waals surface area (Å²) in [7, 11) is 0. The van der Waals surface area contributed by atoms with Crippen molar-refractivity contribution in [2.45, 2.75) is 18.2 Å². The van der Waals surface area contributed by atoms with Gasteiger partial charge in [-0.1, -0.05) is 18.2 Å². The number of hydrogen-bond acceptors (Lipinski definition) is 3. The van der Waals surface area contributed by atoms with Gasteiger partial charge in [-0.05, 0) is 55.0 Å². The molecule has 3 N–H and O–H groups in total. The van der Waals surface area contributed by atoms with Crippen LogP contribution in [0.5, 0.6) is 0 Å². The summed E-state index contributed by atoms with van der Waals surface area (Å²) in [5, 5.41) is 6.49. The summed E-state index contributed by atoms with van der Waals surface area (Å²) < 4.78 is 0. The van der Waals surface area contributed by atoms with Crippen LogP contribution in [-0.4, -0.2) is 29.6 Å². The van der Waals surface area contributed by atoms with Gasteiger partial charge < -0.3 is 15.6 Å². The van der Waals surface area contributed by atoms with Gasteiger partial charge >= 0.3 is 11.8 Å². The molecule has 0 saturated carbocycles. The number of hydrogen-bond donors (Lipinski definition) is 3. The zero-order chi connectivity index (χ0) is 18.5. The number of aryl methyl sites for hydroxylation is 1. The van der Waals surface area contributed by atoms with Crippen LogP contribution in [0.1, 0.15) is 11.1 Å². The van der Waals surface area contributed by atoms with E-state index in [0.717, 1.165) is 16.0 Å². The van der Waals surface area contributed by atoms with Crippen molar-refractivity contribution in [3.63, 3.8) is 0 Å². The van der Waals surface area contributed by atoms with Gasteiger partial charge in [0.1, 0.15) is 0 Å². The highest BCUT2D eigenvalue weighted by Gasteiger charge is 2.14. The molecule has 3 rings (SSSR count). The van der Waals surface area contributed by atoms with Crippen LogP contribution in [0.4, 0.5) is 5.69 Å². The van der Waals surface area contributed by atoms with E-state index in [9.17, 15) is 9.59 Å². The molecule has 0 atom stereocenters. The van der Waals surface area contributed by atoms with Crippen LogP contribution in [0.25, 0.3) is 10.9 Å². The number of fused-ring (bicyclic) bond motifs is 1. The van der Waals surface area contributed by atoms with Gasteiger partial charge in [0.25, 0.3) is 0 Å². The minimum atomic E-state index is -0.654. The van der Waals surface area contributed by atoms with E-state index < -0.39 is 11.8 Å². The molecule has 2 amide bonds. The Kier molecular flexibility index (Phi) is 5.63. The zero-order valence-electron chi connectivity index (χ0n) is 14.8. The Hall–Kier alpha value is -2.73. The van der Waals surface area contributed by atoms with Crippen molar-refractivity contribution in [1.29, 1.82) is 0 Å². The molecular weight excluding hydrogens is 346 g/mol. The number of carbonyl (C=O) groups excluding carboxylic acids is 2. The van der Waals surface area contributed by atoms with E-state index in [1.54, 1.807) is 17.8 Å². The maximum Gasteiger partial charge on any atom is 0.313 e. The maximum absolute atomic E-state index is 12.0. The van der Waals surface area contributed by atoms with Crippen LogP contribution in [0, 0.1) is 6.92 Å². The van der Waals surface area contributed by atoms with Gasteiger partial charge in [0, 0.05) is 34.2 Å². The topological polar surface area (TPSA) is 74.0 Å². The molecule has 0 aliphatic rings. The Morgan fingerprint density at radius 1 is 1.12 bits per heavy atom. The smallest absolute Gasteiger partial charge is 0.313 e. The number of H-pyrrole nitrogens is 1. The number of anilines is 1. The predicted octanol–water partition coefficient (Wildman–Crippen LogP) is 3.50. The molecule has 0 saturated heterocycles. The Morgan fingerprint density at radius 2 is 1.92 bits per heavy atom. The summed E-state index contributed by atoms with van der Waals surface area (Å²) in [5.74, 6) is -1.28. The van der Waals surface area contributed by atoms with Gasteiger partial charge in [0.2, 0.25) is 0 Å². The summed E-state index contributed by atoms with van der Waals surface area (Å²) in [6, 6.07) is 13.5. The number of nitrogens with one attached hydrogen (secondary N) is 3. The molecule has 5 nitrogen and oxygen atoms in total. The van der Waals surface area contributed by atoms with E-state index in [-0.39, 0.29) is 0 Å². The Morgan fingerprint density at radius 3 is 2.73 bits per heavy atom. The summed E-state index contributed by atoms with van der Waals surface area (Å²) in [6.07, 6.45) is 4.57. The quantitative estimate of drug-likeness (QED) is 0.477. The predicted molar refractivity (Wildman–Crippen MR) is 107 cm³/mol. The number of carbonyl (C=O) groups is 2. The first kappa shape index (κ1) is 18.1. The summed E-state index contributed by atoms with van der Waals surface area (Å²) in [6.45, 7) is 2.47. The Balaban J connectivity index is 1.55. The van der Waals surface area contributed by atoms with Gasteiger partial charge in [0.05, 0.1) is 0 Å². The lowest BCUT2D eigenvalue weighted by Gasteiger charge is -2.07. The van der Waals surface area contributed by atoms with Gasteiger partial charge in [0.15, 0.2) is 0 Å². The second kappa shape index (κ2) is 8.10. The molecule has 2 aromatic carbocycles. The van der Waals surface area contributed by atoms with Crippen LogP contribution < -0.4 is 10.6 Å². The van der Waals surface area contributed by atoms with Crippen LogP contribution in [0.3, 0.4) is 0 Å². The fourth-order valence-corrected chi connectivity index (χ4v) is 3.39. The largest absolute Gasteiger partial charge is 0.361 e. The van der Waals surface area contributed by atoms with Gasteiger partial charge in [-0.25, -0.2) is 0 Å². The molecule has 0 bridgehead atoms. The molecule has 0 aliphatic carbocycles. The number of rotatable bonds is 5. The second-order valence-corrected chi connectivity index (χ2v) is 6.88. The van der Waals surface area contributed by atoms with Crippen LogP contribution >= 0.6 is 11.8 Å². The molecule has 0 spiro atoms. The monoisotopic (exact) mass is 367 g/mol. The van der Waals surface area contributed by atoms with Crippen LogP contribution in [0.2, 0.25) is 0 Å². The molecule has 134 valence electrons. The van der Waals surface area contributed by atoms with Crippen molar-refractivity contribution >= 4 is 40.2 Å². The summed E-state index contributed by atoms with van der Waals surface area (Å²) in [5.41, 5.74) is 4.02. The average molecular weight is 367 g/mol. The number of aromatic amines is 1. The average Bonchev–Trinajstić information content (AvgIpc) is 3.06. The van der Waals surface area contributed by atoms with Crippen molar-refractivity contribution in [2.24, 2.45) is 0 Å². The molecule has 1 heterocycles. The van der Waals surface area contributed by atoms with Gasteiger partial charge in [-0.2, -0.15) is 0 Å². The minimum Gasteiger partial charge on any atom is -0.361 e. The maximum atomic E-state index is 12.0.